The molecule has 0 aliphatic carbocycles. The van der Waals surface area contributed by atoms with E-state index in [0.29, 0.717) is 13.0 Å². The average Bonchev–Trinajstić information content (AvgIpc) is 2.62. The number of carbonyl (C=O) groups excluding carboxylic acids is 1. The summed E-state index contributed by atoms with van der Waals surface area (Å²) in [6.45, 7) is 7.75. The van der Waals surface area contributed by atoms with Gasteiger partial charge in [0, 0.05) is 19.1 Å². The van der Waals surface area contributed by atoms with E-state index in [4.69, 9.17) is 0 Å². The molecule has 1 rings (SSSR count). The number of nitrogens with one attached hydrogen (secondary N) is 2. The number of hydrogen-bond acceptors (Lipinski definition) is 4. The van der Waals surface area contributed by atoms with E-state index >= 15 is 0 Å². The van der Waals surface area contributed by atoms with Gasteiger partial charge in [0.1, 0.15) is 0 Å². The molecule has 1 saturated heterocycles. The molecule has 1 aliphatic heterocycles. The highest BCUT2D eigenvalue weighted by atomic mass is 16.3. The fraction of sp³-hybridized carbons (Fsp3) is 0.923. The van der Waals surface area contributed by atoms with E-state index in [2.05, 4.69) is 29.4 Å². The lowest BCUT2D eigenvalue weighted by Crippen LogP contribution is -2.51. The molecule has 0 bridgehead atoms. The van der Waals surface area contributed by atoms with Crippen molar-refractivity contribution < 1.29 is 9.90 Å². The first-order chi connectivity index (χ1) is 8.22. The van der Waals surface area contributed by atoms with Crippen LogP contribution in [0.2, 0.25) is 0 Å². The van der Waals surface area contributed by atoms with Crippen molar-refractivity contribution in [3.05, 3.63) is 0 Å². The van der Waals surface area contributed by atoms with Crippen LogP contribution in [0, 0.1) is 5.41 Å². The number of β-amino-alcohol motifs (C(OH)–C–C–N with tert-alkyl or cyclic N) is 1. The molecule has 1 amide bonds. The molecular weight excluding hydrogens is 230 g/mol. The zero-order valence-corrected chi connectivity index (χ0v) is 12.2. The maximum Gasteiger partial charge on any atom is 0.237 e. The van der Waals surface area contributed by atoms with E-state index in [-0.39, 0.29) is 23.4 Å². The van der Waals surface area contributed by atoms with Crippen molar-refractivity contribution in [3.63, 3.8) is 0 Å². The molecule has 0 aromatic heterocycles. The molecule has 1 fully saturated rings. The summed E-state index contributed by atoms with van der Waals surface area (Å²) >= 11 is 0. The number of rotatable bonds is 5. The van der Waals surface area contributed by atoms with Crippen LogP contribution in [0.5, 0.6) is 0 Å². The number of hydrogen-bond donors (Lipinski definition) is 3. The van der Waals surface area contributed by atoms with Crippen LogP contribution < -0.4 is 10.6 Å². The summed E-state index contributed by atoms with van der Waals surface area (Å²) in [5.41, 5.74) is 0.0103. The van der Waals surface area contributed by atoms with Crippen molar-refractivity contribution in [3.8, 4) is 0 Å². The minimum atomic E-state index is -0.397. The average molecular weight is 257 g/mol. The molecule has 18 heavy (non-hydrogen) atoms. The molecule has 0 aromatic rings. The van der Waals surface area contributed by atoms with Crippen molar-refractivity contribution in [2.24, 2.45) is 5.41 Å². The number of amides is 1. The minimum Gasteiger partial charge on any atom is -0.392 e. The quantitative estimate of drug-likeness (QED) is 0.638. The van der Waals surface area contributed by atoms with Crippen LogP contribution in [0.15, 0.2) is 0 Å². The lowest BCUT2D eigenvalue weighted by atomic mass is 9.84. The molecule has 1 aliphatic rings. The molecule has 5 nitrogen and oxygen atoms in total. The van der Waals surface area contributed by atoms with E-state index in [0.717, 1.165) is 6.54 Å². The topological polar surface area (TPSA) is 64.6 Å². The van der Waals surface area contributed by atoms with Gasteiger partial charge in [0.25, 0.3) is 0 Å². The Labute approximate surface area is 110 Å². The minimum absolute atomic E-state index is 0.00844. The second kappa shape index (κ2) is 5.99. The molecule has 0 radical (unpaired) electrons. The lowest BCUT2D eigenvalue weighted by Gasteiger charge is -2.35. The highest BCUT2D eigenvalue weighted by molar-refractivity contribution is 5.82. The third kappa shape index (κ3) is 4.23. The van der Waals surface area contributed by atoms with E-state index < -0.39 is 6.10 Å². The first-order valence-corrected chi connectivity index (χ1v) is 6.59. The van der Waals surface area contributed by atoms with Gasteiger partial charge in [-0.05, 0) is 32.9 Å². The SMILES string of the molecule is CC(NC(=O)C1CC(O)CN1)C(C)(C)CN(C)C. The summed E-state index contributed by atoms with van der Waals surface area (Å²) in [4.78, 5) is 14.2. The third-order valence-corrected chi connectivity index (χ3v) is 3.68. The number of aliphatic hydroxyl groups excluding tert-OH is 1. The van der Waals surface area contributed by atoms with Crippen LogP contribution in [0.25, 0.3) is 0 Å². The molecule has 3 atom stereocenters. The molecule has 3 unspecified atom stereocenters. The van der Waals surface area contributed by atoms with Crippen LogP contribution >= 0.6 is 0 Å². The Bertz CT molecular complexity index is 292. The highest BCUT2D eigenvalue weighted by Gasteiger charge is 2.32. The standard InChI is InChI=1S/C13H27N3O2/c1-9(13(2,3)8-16(4)5)15-12(18)11-6-10(17)7-14-11/h9-11,14,17H,6-8H2,1-5H3,(H,15,18). The van der Waals surface area contributed by atoms with Gasteiger partial charge in [0.15, 0.2) is 0 Å². The van der Waals surface area contributed by atoms with Crippen molar-refractivity contribution in [1.82, 2.24) is 15.5 Å². The Kier molecular flexibility index (Phi) is 5.13. The maximum atomic E-state index is 12.0. The summed E-state index contributed by atoms with van der Waals surface area (Å²) in [6.07, 6.45) is 0.109. The van der Waals surface area contributed by atoms with E-state index in [1.807, 2.05) is 21.0 Å². The van der Waals surface area contributed by atoms with Crippen LogP contribution in [-0.4, -0.2) is 61.3 Å². The van der Waals surface area contributed by atoms with Gasteiger partial charge in [-0.25, -0.2) is 0 Å². The van der Waals surface area contributed by atoms with E-state index in [9.17, 15) is 9.90 Å². The Morgan fingerprint density at radius 1 is 1.56 bits per heavy atom. The highest BCUT2D eigenvalue weighted by Crippen LogP contribution is 2.21. The van der Waals surface area contributed by atoms with Gasteiger partial charge in [-0.3, -0.25) is 4.79 Å². The van der Waals surface area contributed by atoms with Crippen LogP contribution in [-0.2, 0) is 4.79 Å². The van der Waals surface area contributed by atoms with Gasteiger partial charge in [-0.15, -0.1) is 0 Å². The summed E-state index contributed by atoms with van der Waals surface area (Å²) in [7, 11) is 4.07. The Morgan fingerprint density at radius 3 is 2.61 bits per heavy atom. The number of carbonyl (C=O) groups is 1. The monoisotopic (exact) mass is 257 g/mol. The van der Waals surface area contributed by atoms with Crippen molar-refractivity contribution in [2.75, 3.05) is 27.2 Å². The normalized spacial score (nSPS) is 26.4. The molecule has 1 heterocycles. The molecule has 0 spiro atoms. The Hall–Kier alpha value is -0.650. The zero-order chi connectivity index (χ0) is 13.9. The first-order valence-electron chi connectivity index (χ1n) is 6.59. The Morgan fingerprint density at radius 2 is 2.17 bits per heavy atom. The smallest absolute Gasteiger partial charge is 0.237 e. The number of nitrogens with zero attached hydrogens (tertiary/aromatic N) is 1. The largest absolute Gasteiger partial charge is 0.392 e. The Balaban J connectivity index is 2.48. The molecule has 3 N–H and O–H groups in total. The van der Waals surface area contributed by atoms with Crippen molar-refractivity contribution in [2.45, 2.75) is 45.4 Å². The molecule has 0 saturated carbocycles. The zero-order valence-electron chi connectivity index (χ0n) is 12.2. The molecule has 5 heteroatoms. The second-order valence-corrected chi connectivity index (χ2v) is 6.31. The van der Waals surface area contributed by atoms with Gasteiger partial charge in [0.2, 0.25) is 5.91 Å². The second-order valence-electron chi connectivity index (χ2n) is 6.31. The molecular formula is C13H27N3O2. The fourth-order valence-electron chi connectivity index (χ4n) is 2.38. The maximum absolute atomic E-state index is 12.0. The van der Waals surface area contributed by atoms with Gasteiger partial charge in [-0.1, -0.05) is 13.8 Å². The van der Waals surface area contributed by atoms with Crippen LogP contribution in [0.4, 0.5) is 0 Å². The summed E-state index contributed by atoms with van der Waals surface area (Å²) in [6, 6.07) is -0.162. The first kappa shape index (κ1) is 15.4. The predicted molar refractivity (Wildman–Crippen MR) is 72.4 cm³/mol. The summed E-state index contributed by atoms with van der Waals surface area (Å²) in [5.74, 6) is -0.00844. The van der Waals surface area contributed by atoms with Crippen molar-refractivity contribution in [1.29, 1.82) is 0 Å². The van der Waals surface area contributed by atoms with E-state index in [1.54, 1.807) is 0 Å². The summed E-state index contributed by atoms with van der Waals surface area (Å²) in [5, 5.41) is 15.5. The van der Waals surface area contributed by atoms with E-state index in [1.165, 1.54) is 0 Å². The van der Waals surface area contributed by atoms with Crippen molar-refractivity contribution >= 4 is 5.91 Å². The van der Waals surface area contributed by atoms with Crippen LogP contribution in [0.1, 0.15) is 27.2 Å². The van der Waals surface area contributed by atoms with Crippen LogP contribution in [0.3, 0.4) is 0 Å². The fourth-order valence-corrected chi connectivity index (χ4v) is 2.38. The van der Waals surface area contributed by atoms with Gasteiger partial charge in [-0.2, -0.15) is 0 Å². The molecule has 0 aromatic carbocycles. The van der Waals surface area contributed by atoms with Gasteiger partial charge >= 0.3 is 0 Å². The summed E-state index contributed by atoms with van der Waals surface area (Å²) < 4.78 is 0. The third-order valence-electron chi connectivity index (χ3n) is 3.68. The molecule has 106 valence electrons. The van der Waals surface area contributed by atoms with Gasteiger partial charge < -0.3 is 20.6 Å². The number of aliphatic hydroxyl groups is 1. The predicted octanol–water partition coefficient (Wildman–Crippen LogP) is -0.198. The lowest BCUT2D eigenvalue weighted by molar-refractivity contribution is -0.124. The van der Waals surface area contributed by atoms with Gasteiger partial charge in [0.05, 0.1) is 12.1 Å².